The molecule has 3 N–H and O–H groups in total. The summed E-state index contributed by atoms with van der Waals surface area (Å²) < 4.78 is 16.6. The fourth-order valence-electron chi connectivity index (χ4n) is 4.21. The van der Waals surface area contributed by atoms with Crippen LogP contribution < -0.4 is 25.4 Å². The number of piperazine rings is 1. The highest BCUT2D eigenvalue weighted by molar-refractivity contribution is 5.75. The average molecular weight is 412 g/mol. The topological polar surface area (TPSA) is 98.0 Å². The quantitative estimate of drug-likeness (QED) is 0.734. The van der Waals surface area contributed by atoms with Crippen LogP contribution in [0, 0.1) is 0 Å². The number of ether oxygens (including phenoxy) is 3. The second-order valence-corrected chi connectivity index (χ2v) is 7.93. The van der Waals surface area contributed by atoms with Crippen molar-refractivity contribution in [1.82, 2.24) is 14.9 Å². The Kier molecular flexibility index (Phi) is 5.46. The van der Waals surface area contributed by atoms with Crippen LogP contribution in [0.25, 0.3) is 0 Å². The fraction of sp³-hybridized carbons (Fsp3) is 0.524. The molecule has 2 aromatic rings. The summed E-state index contributed by atoms with van der Waals surface area (Å²) in [6.07, 6.45) is 4.02. The molecule has 0 saturated carbocycles. The lowest BCUT2D eigenvalue weighted by atomic mass is 10.1. The maximum atomic E-state index is 6.40. The van der Waals surface area contributed by atoms with Gasteiger partial charge in [-0.1, -0.05) is 6.07 Å². The number of hydrogen-bond acceptors (Lipinski definition) is 9. The minimum Gasteiger partial charge on any atom is -0.454 e. The molecule has 0 spiro atoms. The van der Waals surface area contributed by atoms with Crippen molar-refractivity contribution in [2.75, 3.05) is 62.1 Å². The SMILES string of the molecule is Nc1c(NCC2CCCO2)ncnc1N1CCN(Cc2ccc3c(c2)OCO3)CC1. The van der Waals surface area contributed by atoms with Gasteiger partial charge in [0.1, 0.15) is 12.0 Å². The number of rotatable bonds is 6. The first-order chi connectivity index (χ1) is 14.8. The van der Waals surface area contributed by atoms with Crippen molar-refractivity contribution in [3.8, 4) is 11.5 Å². The third-order valence-electron chi connectivity index (χ3n) is 5.90. The van der Waals surface area contributed by atoms with E-state index in [1.807, 2.05) is 6.07 Å². The summed E-state index contributed by atoms with van der Waals surface area (Å²) in [5.74, 6) is 3.16. The Balaban J connectivity index is 1.17. The predicted molar refractivity (Wildman–Crippen MR) is 114 cm³/mol. The van der Waals surface area contributed by atoms with E-state index in [1.165, 1.54) is 5.56 Å². The second kappa shape index (κ2) is 8.53. The number of fused-ring (bicyclic) bond motifs is 1. The van der Waals surface area contributed by atoms with E-state index in [9.17, 15) is 0 Å². The third-order valence-corrected chi connectivity index (χ3v) is 5.90. The molecule has 3 aliphatic heterocycles. The Hall–Kier alpha value is -2.78. The number of hydrogen-bond donors (Lipinski definition) is 2. The molecule has 0 aliphatic carbocycles. The van der Waals surface area contributed by atoms with Gasteiger partial charge in [-0.25, -0.2) is 9.97 Å². The Morgan fingerprint density at radius 2 is 1.97 bits per heavy atom. The number of anilines is 3. The lowest BCUT2D eigenvalue weighted by molar-refractivity contribution is 0.120. The monoisotopic (exact) mass is 412 g/mol. The second-order valence-electron chi connectivity index (χ2n) is 7.93. The van der Waals surface area contributed by atoms with Gasteiger partial charge in [0.25, 0.3) is 0 Å². The maximum absolute atomic E-state index is 6.40. The molecule has 30 heavy (non-hydrogen) atoms. The first-order valence-electron chi connectivity index (χ1n) is 10.6. The predicted octanol–water partition coefficient (Wildman–Crippen LogP) is 1.70. The molecule has 1 unspecified atom stereocenters. The smallest absolute Gasteiger partial charge is 0.231 e. The first-order valence-corrected chi connectivity index (χ1v) is 10.6. The van der Waals surface area contributed by atoms with Gasteiger partial charge < -0.3 is 30.2 Å². The van der Waals surface area contributed by atoms with Gasteiger partial charge in [-0.15, -0.1) is 0 Å². The molecule has 160 valence electrons. The zero-order valence-electron chi connectivity index (χ0n) is 17.0. The first kappa shape index (κ1) is 19.2. The van der Waals surface area contributed by atoms with Crippen LogP contribution in [0.2, 0.25) is 0 Å². The number of nitrogens with two attached hydrogens (primary N) is 1. The van der Waals surface area contributed by atoms with E-state index in [0.29, 0.717) is 18.3 Å². The number of nitrogens with one attached hydrogen (secondary N) is 1. The minimum absolute atomic E-state index is 0.238. The van der Waals surface area contributed by atoms with Gasteiger partial charge in [0.05, 0.1) is 6.10 Å². The highest BCUT2D eigenvalue weighted by atomic mass is 16.7. The summed E-state index contributed by atoms with van der Waals surface area (Å²) >= 11 is 0. The maximum Gasteiger partial charge on any atom is 0.231 e. The molecular weight excluding hydrogens is 384 g/mol. The van der Waals surface area contributed by atoms with Gasteiger partial charge >= 0.3 is 0 Å². The summed E-state index contributed by atoms with van der Waals surface area (Å²) in [6.45, 7) is 6.39. The molecule has 0 radical (unpaired) electrons. The zero-order valence-corrected chi connectivity index (χ0v) is 17.0. The van der Waals surface area contributed by atoms with Crippen LogP contribution in [0.4, 0.5) is 17.3 Å². The lowest BCUT2D eigenvalue weighted by Crippen LogP contribution is -2.46. The van der Waals surface area contributed by atoms with Crippen molar-refractivity contribution >= 4 is 17.3 Å². The standard InChI is InChI=1S/C21H28N6O3/c22-19-20(23-11-16-2-1-9-28-16)24-13-25-21(19)27-7-5-26(6-8-27)12-15-3-4-17-18(10-15)30-14-29-17/h3-4,10,13,16H,1-2,5-9,11-12,14,22H2,(H,23,24,25). The fourth-order valence-corrected chi connectivity index (χ4v) is 4.21. The average Bonchev–Trinajstić information content (AvgIpc) is 3.45. The van der Waals surface area contributed by atoms with Gasteiger partial charge in [0.2, 0.25) is 6.79 Å². The lowest BCUT2D eigenvalue weighted by Gasteiger charge is -2.36. The molecule has 1 aromatic heterocycles. The van der Waals surface area contributed by atoms with Crippen LogP contribution in [0.3, 0.4) is 0 Å². The number of nitrogen functional groups attached to an aromatic ring is 1. The van der Waals surface area contributed by atoms with E-state index < -0.39 is 0 Å². The van der Waals surface area contributed by atoms with Gasteiger partial charge in [-0.2, -0.15) is 0 Å². The van der Waals surface area contributed by atoms with Crippen LogP contribution in [0.15, 0.2) is 24.5 Å². The highest BCUT2D eigenvalue weighted by Crippen LogP contribution is 2.33. The molecule has 4 heterocycles. The summed E-state index contributed by atoms with van der Waals surface area (Å²) in [6, 6.07) is 6.16. The normalized spacial score (nSPS) is 21.2. The highest BCUT2D eigenvalue weighted by Gasteiger charge is 2.23. The van der Waals surface area contributed by atoms with Crippen molar-refractivity contribution in [3.05, 3.63) is 30.1 Å². The van der Waals surface area contributed by atoms with Crippen molar-refractivity contribution in [1.29, 1.82) is 0 Å². The molecule has 3 aliphatic rings. The number of nitrogens with zero attached hydrogens (tertiary/aromatic N) is 4. The van der Waals surface area contributed by atoms with Crippen molar-refractivity contribution in [3.63, 3.8) is 0 Å². The molecule has 9 heteroatoms. The van der Waals surface area contributed by atoms with E-state index in [1.54, 1.807) is 6.33 Å². The number of benzene rings is 1. The number of aromatic nitrogens is 2. The minimum atomic E-state index is 0.238. The summed E-state index contributed by atoms with van der Waals surface area (Å²) in [5.41, 5.74) is 8.24. The molecule has 1 atom stereocenters. The van der Waals surface area contributed by atoms with Crippen LogP contribution in [0.5, 0.6) is 11.5 Å². The summed E-state index contributed by atoms with van der Waals surface area (Å²) in [5, 5.41) is 3.34. The molecule has 5 rings (SSSR count). The van der Waals surface area contributed by atoms with Crippen LogP contribution in [0.1, 0.15) is 18.4 Å². The largest absolute Gasteiger partial charge is 0.454 e. The summed E-state index contributed by atoms with van der Waals surface area (Å²) in [4.78, 5) is 13.5. The van der Waals surface area contributed by atoms with E-state index >= 15 is 0 Å². The van der Waals surface area contributed by atoms with E-state index in [-0.39, 0.29) is 6.10 Å². The van der Waals surface area contributed by atoms with E-state index in [2.05, 4.69) is 37.2 Å². The zero-order chi connectivity index (χ0) is 20.3. The van der Waals surface area contributed by atoms with Gasteiger partial charge in [-0.3, -0.25) is 4.90 Å². The van der Waals surface area contributed by atoms with Gasteiger partial charge in [0, 0.05) is 45.9 Å². The molecule has 2 fully saturated rings. The molecule has 0 bridgehead atoms. The Morgan fingerprint density at radius 3 is 2.80 bits per heavy atom. The van der Waals surface area contributed by atoms with E-state index in [0.717, 1.165) is 76.0 Å². The summed E-state index contributed by atoms with van der Waals surface area (Å²) in [7, 11) is 0. The van der Waals surface area contributed by atoms with Gasteiger partial charge in [-0.05, 0) is 30.5 Å². The van der Waals surface area contributed by atoms with Crippen LogP contribution >= 0.6 is 0 Å². The molecule has 2 saturated heterocycles. The molecule has 0 amide bonds. The molecular formula is C21H28N6O3. The van der Waals surface area contributed by atoms with Crippen molar-refractivity contribution in [2.24, 2.45) is 0 Å². The van der Waals surface area contributed by atoms with Crippen molar-refractivity contribution in [2.45, 2.75) is 25.5 Å². The van der Waals surface area contributed by atoms with E-state index in [4.69, 9.17) is 19.9 Å². The van der Waals surface area contributed by atoms with Crippen molar-refractivity contribution < 1.29 is 14.2 Å². The Morgan fingerprint density at radius 1 is 1.10 bits per heavy atom. The Labute approximate surface area is 176 Å². The Bertz CT molecular complexity index is 881. The van der Waals surface area contributed by atoms with Gasteiger partial charge in [0.15, 0.2) is 23.1 Å². The molecule has 9 nitrogen and oxygen atoms in total. The molecule has 1 aromatic carbocycles. The third kappa shape index (κ3) is 4.08. The van der Waals surface area contributed by atoms with Crippen LogP contribution in [-0.2, 0) is 11.3 Å². The van der Waals surface area contributed by atoms with Crippen LogP contribution in [-0.4, -0.2) is 67.1 Å².